The van der Waals surface area contributed by atoms with Crippen molar-refractivity contribution in [2.24, 2.45) is 0 Å². The lowest BCUT2D eigenvalue weighted by Gasteiger charge is -2.28. The van der Waals surface area contributed by atoms with Crippen molar-refractivity contribution in [3.63, 3.8) is 0 Å². The molecule has 21 heavy (non-hydrogen) atoms. The Balaban J connectivity index is 1.65. The molecule has 3 unspecified atom stereocenters. The monoisotopic (exact) mass is 307 g/mol. The summed E-state index contributed by atoms with van der Waals surface area (Å²) in [6.07, 6.45) is 1.07. The second-order valence-corrected chi connectivity index (χ2v) is 6.54. The fraction of sp³-hybridized carbons (Fsp3) is 0.467. The molecule has 2 amide bonds. The number of imide groups is 1. The third-order valence-electron chi connectivity index (χ3n) is 4.72. The van der Waals surface area contributed by atoms with E-state index in [2.05, 4.69) is 0 Å². The van der Waals surface area contributed by atoms with Gasteiger partial charge in [0.1, 0.15) is 0 Å². The van der Waals surface area contributed by atoms with Gasteiger partial charge in [0.25, 0.3) is 5.91 Å². The van der Waals surface area contributed by atoms with E-state index in [9.17, 15) is 9.59 Å². The molecule has 6 heteroatoms. The predicted molar refractivity (Wildman–Crippen MR) is 75.3 cm³/mol. The van der Waals surface area contributed by atoms with Crippen LogP contribution in [0.25, 0.3) is 0 Å². The molecule has 0 N–H and O–H groups in total. The SMILES string of the molecule is CC12CCC3(CC1O2)OC(=O)N(c1ccc(Cl)cc1)C3=O. The highest BCUT2D eigenvalue weighted by atomic mass is 35.5. The predicted octanol–water partition coefficient (Wildman–Crippen LogP) is 2.90. The molecule has 1 aromatic carbocycles. The number of halogens is 1. The molecule has 5 nitrogen and oxygen atoms in total. The maximum atomic E-state index is 12.7. The third-order valence-corrected chi connectivity index (χ3v) is 4.97. The van der Waals surface area contributed by atoms with Crippen molar-refractivity contribution in [1.29, 1.82) is 0 Å². The van der Waals surface area contributed by atoms with E-state index in [0.29, 0.717) is 23.6 Å². The number of fused-ring (bicyclic) bond motifs is 1. The Morgan fingerprint density at radius 3 is 2.62 bits per heavy atom. The van der Waals surface area contributed by atoms with Crippen molar-refractivity contribution >= 4 is 29.3 Å². The van der Waals surface area contributed by atoms with Crippen LogP contribution < -0.4 is 4.90 Å². The average Bonchev–Trinajstić information content (AvgIpc) is 3.04. The first-order valence-electron chi connectivity index (χ1n) is 6.95. The smallest absolute Gasteiger partial charge is 0.422 e. The molecule has 0 bridgehead atoms. The van der Waals surface area contributed by atoms with Gasteiger partial charge in [-0.2, -0.15) is 0 Å². The molecule has 2 heterocycles. The van der Waals surface area contributed by atoms with Crippen LogP contribution in [0.15, 0.2) is 24.3 Å². The van der Waals surface area contributed by atoms with Gasteiger partial charge in [-0.05, 0) is 44.0 Å². The van der Waals surface area contributed by atoms with Gasteiger partial charge >= 0.3 is 6.09 Å². The van der Waals surface area contributed by atoms with Crippen molar-refractivity contribution in [3.05, 3.63) is 29.3 Å². The molecule has 3 atom stereocenters. The number of anilines is 1. The molecule has 1 spiro atoms. The van der Waals surface area contributed by atoms with Crippen LogP contribution in [0.4, 0.5) is 10.5 Å². The molecular weight excluding hydrogens is 294 g/mol. The number of ether oxygens (including phenoxy) is 2. The Kier molecular flexibility index (Phi) is 2.49. The van der Waals surface area contributed by atoms with Crippen LogP contribution in [0.1, 0.15) is 26.2 Å². The molecule has 1 saturated carbocycles. The topological polar surface area (TPSA) is 59.1 Å². The average molecular weight is 308 g/mol. The number of amides is 2. The lowest BCUT2D eigenvalue weighted by atomic mass is 9.79. The summed E-state index contributed by atoms with van der Waals surface area (Å²) in [4.78, 5) is 26.0. The van der Waals surface area contributed by atoms with Gasteiger partial charge in [0.05, 0.1) is 17.4 Å². The van der Waals surface area contributed by atoms with E-state index in [4.69, 9.17) is 21.1 Å². The highest BCUT2D eigenvalue weighted by Crippen LogP contribution is 2.53. The van der Waals surface area contributed by atoms with E-state index in [0.717, 1.165) is 11.3 Å². The minimum Gasteiger partial charge on any atom is -0.432 e. The summed E-state index contributed by atoms with van der Waals surface area (Å²) in [6, 6.07) is 6.57. The molecule has 1 aromatic rings. The largest absolute Gasteiger partial charge is 0.432 e. The van der Waals surface area contributed by atoms with E-state index < -0.39 is 11.7 Å². The summed E-state index contributed by atoms with van der Waals surface area (Å²) in [5, 5.41) is 0.549. The molecular formula is C15H14ClNO4. The van der Waals surface area contributed by atoms with Crippen molar-refractivity contribution in [2.45, 2.75) is 43.5 Å². The molecule has 3 aliphatic rings. The Bertz CT molecular complexity index is 646. The fourth-order valence-electron chi connectivity index (χ4n) is 3.26. The highest BCUT2D eigenvalue weighted by Gasteiger charge is 2.66. The van der Waals surface area contributed by atoms with Gasteiger partial charge in [-0.25, -0.2) is 9.69 Å². The van der Waals surface area contributed by atoms with E-state index in [1.54, 1.807) is 24.3 Å². The molecule has 2 aliphatic heterocycles. The van der Waals surface area contributed by atoms with E-state index in [1.165, 1.54) is 0 Å². The lowest BCUT2D eigenvalue weighted by molar-refractivity contribution is -0.132. The second kappa shape index (κ2) is 3.99. The third kappa shape index (κ3) is 1.80. The molecule has 0 radical (unpaired) electrons. The lowest BCUT2D eigenvalue weighted by Crippen LogP contribution is -2.46. The standard InChI is InChI=1S/C15H14ClNO4/c1-14-6-7-15(8-11(14)20-14)12(18)17(13(19)21-15)10-4-2-9(16)3-5-10/h2-5,11H,6-8H2,1H3. The minimum atomic E-state index is -1.06. The molecule has 110 valence electrons. The van der Waals surface area contributed by atoms with Crippen LogP contribution in [-0.4, -0.2) is 29.3 Å². The van der Waals surface area contributed by atoms with Gasteiger partial charge in [0.2, 0.25) is 0 Å². The number of hydrogen-bond acceptors (Lipinski definition) is 4. The van der Waals surface area contributed by atoms with Gasteiger partial charge < -0.3 is 9.47 Å². The number of nitrogens with zero attached hydrogens (tertiary/aromatic N) is 1. The van der Waals surface area contributed by atoms with E-state index in [1.807, 2.05) is 6.92 Å². The number of rotatable bonds is 1. The maximum absolute atomic E-state index is 12.7. The fourth-order valence-corrected chi connectivity index (χ4v) is 3.39. The van der Waals surface area contributed by atoms with Gasteiger partial charge in [-0.3, -0.25) is 4.79 Å². The Hall–Kier alpha value is -1.59. The van der Waals surface area contributed by atoms with Crippen LogP contribution >= 0.6 is 11.6 Å². The number of carbonyl (C=O) groups is 2. The zero-order valence-corrected chi connectivity index (χ0v) is 12.2. The Morgan fingerprint density at radius 2 is 1.95 bits per heavy atom. The quantitative estimate of drug-likeness (QED) is 0.749. The van der Waals surface area contributed by atoms with Gasteiger partial charge in [0, 0.05) is 11.4 Å². The zero-order chi connectivity index (χ0) is 14.8. The second-order valence-electron chi connectivity index (χ2n) is 6.10. The normalized spacial score (nSPS) is 37.6. The first kappa shape index (κ1) is 13.1. The number of carbonyl (C=O) groups excluding carboxylic acids is 2. The highest BCUT2D eigenvalue weighted by molar-refractivity contribution is 6.30. The van der Waals surface area contributed by atoms with Crippen molar-refractivity contribution in [2.75, 3.05) is 4.90 Å². The van der Waals surface area contributed by atoms with Crippen molar-refractivity contribution in [1.82, 2.24) is 0 Å². The Morgan fingerprint density at radius 1 is 1.24 bits per heavy atom. The van der Waals surface area contributed by atoms with Gasteiger partial charge in [0.15, 0.2) is 5.60 Å². The van der Waals surface area contributed by atoms with Crippen LogP contribution in [0.5, 0.6) is 0 Å². The van der Waals surface area contributed by atoms with Gasteiger partial charge in [-0.1, -0.05) is 11.6 Å². The van der Waals surface area contributed by atoms with Crippen LogP contribution in [0.3, 0.4) is 0 Å². The minimum absolute atomic E-state index is 0.00756. The first-order chi connectivity index (χ1) is 9.93. The van der Waals surface area contributed by atoms with Crippen LogP contribution in [-0.2, 0) is 14.3 Å². The molecule has 2 saturated heterocycles. The summed E-state index contributed by atoms with van der Waals surface area (Å²) >= 11 is 5.84. The summed E-state index contributed by atoms with van der Waals surface area (Å²) in [6.45, 7) is 2.03. The summed E-state index contributed by atoms with van der Waals surface area (Å²) in [7, 11) is 0. The molecule has 1 aliphatic carbocycles. The van der Waals surface area contributed by atoms with E-state index in [-0.39, 0.29) is 17.6 Å². The first-order valence-corrected chi connectivity index (χ1v) is 7.32. The van der Waals surface area contributed by atoms with Gasteiger partial charge in [-0.15, -0.1) is 0 Å². The number of epoxide rings is 1. The molecule has 4 rings (SSSR count). The summed E-state index contributed by atoms with van der Waals surface area (Å²) < 4.78 is 11.1. The molecule has 0 aromatic heterocycles. The van der Waals surface area contributed by atoms with E-state index >= 15 is 0 Å². The summed E-state index contributed by atoms with van der Waals surface area (Å²) in [5.41, 5.74) is -0.709. The number of hydrogen-bond donors (Lipinski definition) is 0. The van der Waals surface area contributed by atoms with Crippen molar-refractivity contribution < 1.29 is 19.1 Å². The van der Waals surface area contributed by atoms with Crippen LogP contribution in [0.2, 0.25) is 5.02 Å². The zero-order valence-electron chi connectivity index (χ0n) is 11.5. The summed E-state index contributed by atoms with van der Waals surface area (Å²) in [5.74, 6) is -0.299. The Labute approximate surface area is 126 Å². The van der Waals surface area contributed by atoms with Crippen LogP contribution in [0, 0.1) is 0 Å². The molecule has 3 fully saturated rings. The maximum Gasteiger partial charge on any atom is 0.422 e. The number of benzene rings is 1. The van der Waals surface area contributed by atoms with Crippen molar-refractivity contribution in [3.8, 4) is 0 Å².